The van der Waals surface area contributed by atoms with Gasteiger partial charge in [-0.1, -0.05) is 19.8 Å². The van der Waals surface area contributed by atoms with E-state index in [1.165, 1.54) is 4.90 Å². The zero-order valence-electron chi connectivity index (χ0n) is 12.5. The lowest BCUT2D eigenvalue weighted by Crippen LogP contribution is -2.39. The molecule has 1 fully saturated rings. The molecule has 1 aliphatic heterocycles. The van der Waals surface area contributed by atoms with E-state index < -0.39 is 0 Å². The molecule has 1 aromatic rings. The number of terminal acetylenes is 1. The predicted molar refractivity (Wildman–Crippen MR) is 86.4 cm³/mol. The van der Waals surface area contributed by atoms with Crippen LogP contribution >= 0.6 is 11.8 Å². The molecule has 1 aliphatic rings. The second-order valence-corrected chi connectivity index (χ2v) is 7.08. The zero-order chi connectivity index (χ0) is 15.2. The first kappa shape index (κ1) is 15.9. The molecule has 1 N–H and O–H groups in total. The summed E-state index contributed by atoms with van der Waals surface area (Å²) in [5.74, 6) is 2.76. The monoisotopic (exact) mass is 303 g/mol. The fraction of sp³-hybridized carbons (Fsp3) is 0.471. The average Bonchev–Trinajstić information content (AvgIpc) is 2.98. The van der Waals surface area contributed by atoms with Crippen molar-refractivity contribution in [2.75, 3.05) is 13.2 Å². The van der Waals surface area contributed by atoms with Crippen molar-refractivity contribution >= 4 is 17.7 Å². The van der Waals surface area contributed by atoms with E-state index in [0.717, 1.165) is 13.0 Å². The molecule has 1 heterocycles. The van der Waals surface area contributed by atoms with E-state index in [9.17, 15) is 4.79 Å². The van der Waals surface area contributed by atoms with Gasteiger partial charge in [0.25, 0.3) is 5.91 Å². The molecule has 1 amide bonds. The maximum atomic E-state index is 12.2. The number of thioether (sulfide) groups is 1. The third-order valence-corrected chi connectivity index (χ3v) is 4.41. The van der Waals surface area contributed by atoms with Gasteiger partial charge >= 0.3 is 0 Å². The Hall–Kier alpha value is -1.44. The van der Waals surface area contributed by atoms with Gasteiger partial charge in [-0.05, 0) is 30.7 Å². The summed E-state index contributed by atoms with van der Waals surface area (Å²) in [6, 6.07) is 7.38. The number of hydrogen-bond acceptors (Lipinski definition) is 3. The molecule has 1 aromatic carbocycles. The summed E-state index contributed by atoms with van der Waals surface area (Å²) in [5.41, 5.74) is 0.641. The normalized spacial score (nSPS) is 19.2. The van der Waals surface area contributed by atoms with Crippen LogP contribution in [0.1, 0.15) is 30.6 Å². The molecule has 0 aliphatic carbocycles. The van der Waals surface area contributed by atoms with Crippen molar-refractivity contribution in [1.82, 2.24) is 5.32 Å². The number of ether oxygens (including phenoxy) is 1. The average molecular weight is 303 g/mol. The van der Waals surface area contributed by atoms with Crippen molar-refractivity contribution in [2.45, 2.75) is 36.5 Å². The highest BCUT2D eigenvalue weighted by Gasteiger charge is 2.25. The highest BCUT2D eigenvalue weighted by atomic mass is 32.2. The Labute approximate surface area is 130 Å². The van der Waals surface area contributed by atoms with Gasteiger partial charge in [0.1, 0.15) is 0 Å². The van der Waals surface area contributed by atoms with Crippen molar-refractivity contribution in [2.24, 2.45) is 5.92 Å². The first-order chi connectivity index (χ1) is 10.1. The lowest BCUT2D eigenvalue weighted by Gasteiger charge is -2.18. The number of carbonyl (C=O) groups is 1. The van der Waals surface area contributed by atoms with E-state index in [1.54, 1.807) is 11.8 Å². The quantitative estimate of drug-likeness (QED) is 0.671. The Morgan fingerprint density at radius 1 is 1.43 bits per heavy atom. The minimum Gasteiger partial charge on any atom is -0.381 e. The Morgan fingerprint density at radius 3 is 2.67 bits per heavy atom. The maximum absolute atomic E-state index is 12.2. The van der Waals surface area contributed by atoms with Crippen LogP contribution in [0.15, 0.2) is 29.2 Å². The SMILES string of the molecule is C#C[C@H](NC(=O)c1ccc(SC(C)C)cc1)[C@H]1CCOC1. The summed E-state index contributed by atoms with van der Waals surface area (Å²) < 4.78 is 5.33. The summed E-state index contributed by atoms with van der Waals surface area (Å²) in [6.45, 7) is 5.64. The number of nitrogens with one attached hydrogen (secondary N) is 1. The smallest absolute Gasteiger partial charge is 0.252 e. The minimum absolute atomic E-state index is 0.119. The van der Waals surface area contributed by atoms with Crippen LogP contribution in [0.3, 0.4) is 0 Å². The van der Waals surface area contributed by atoms with E-state index in [0.29, 0.717) is 17.4 Å². The zero-order valence-corrected chi connectivity index (χ0v) is 13.3. The van der Waals surface area contributed by atoms with Crippen molar-refractivity contribution in [3.05, 3.63) is 29.8 Å². The molecule has 0 radical (unpaired) electrons. The van der Waals surface area contributed by atoms with Gasteiger partial charge in [0, 0.05) is 28.2 Å². The molecule has 0 saturated carbocycles. The highest BCUT2D eigenvalue weighted by Crippen LogP contribution is 2.23. The Bertz CT molecular complexity index is 513. The Balaban J connectivity index is 1.97. The van der Waals surface area contributed by atoms with Gasteiger partial charge in [0.15, 0.2) is 0 Å². The van der Waals surface area contributed by atoms with Crippen LogP contribution in [0.25, 0.3) is 0 Å². The molecule has 4 heteroatoms. The fourth-order valence-electron chi connectivity index (χ4n) is 2.29. The van der Waals surface area contributed by atoms with E-state index >= 15 is 0 Å². The van der Waals surface area contributed by atoms with Crippen molar-refractivity contribution in [1.29, 1.82) is 0 Å². The predicted octanol–water partition coefficient (Wildman–Crippen LogP) is 2.96. The molecular weight excluding hydrogens is 282 g/mol. The van der Waals surface area contributed by atoms with Crippen LogP contribution in [0.2, 0.25) is 0 Å². The van der Waals surface area contributed by atoms with E-state index in [1.807, 2.05) is 24.3 Å². The number of carbonyl (C=O) groups excluding carboxylic acids is 1. The van der Waals surface area contributed by atoms with E-state index in [-0.39, 0.29) is 17.9 Å². The molecular formula is C17H21NO2S. The minimum atomic E-state index is -0.260. The van der Waals surface area contributed by atoms with Gasteiger partial charge in [-0.15, -0.1) is 18.2 Å². The standard InChI is InChI=1S/C17H21NO2S/c1-4-16(14-9-10-20-11-14)18-17(19)13-5-7-15(8-6-13)21-12(2)3/h1,5-8,12,14,16H,9-11H2,2-3H3,(H,18,19)/t14-,16-/m0/s1. The second-order valence-electron chi connectivity index (χ2n) is 5.43. The van der Waals surface area contributed by atoms with Crippen LogP contribution in [-0.2, 0) is 4.74 Å². The number of amides is 1. The van der Waals surface area contributed by atoms with Gasteiger partial charge in [-0.25, -0.2) is 0 Å². The van der Waals surface area contributed by atoms with Gasteiger partial charge < -0.3 is 10.1 Å². The van der Waals surface area contributed by atoms with Gasteiger partial charge in [-0.2, -0.15) is 0 Å². The molecule has 21 heavy (non-hydrogen) atoms. The summed E-state index contributed by atoms with van der Waals surface area (Å²) in [5, 5.41) is 3.45. The molecule has 112 valence electrons. The summed E-state index contributed by atoms with van der Waals surface area (Å²) in [4.78, 5) is 13.4. The second kappa shape index (κ2) is 7.53. The number of benzene rings is 1. The molecule has 0 unspecified atom stereocenters. The first-order valence-electron chi connectivity index (χ1n) is 7.21. The van der Waals surface area contributed by atoms with E-state index in [2.05, 4.69) is 25.1 Å². The molecule has 1 saturated heterocycles. The Morgan fingerprint density at radius 2 is 2.14 bits per heavy atom. The van der Waals surface area contributed by atoms with Crippen LogP contribution in [0.4, 0.5) is 0 Å². The van der Waals surface area contributed by atoms with Crippen LogP contribution in [0.5, 0.6) is 0 Å². The number of hydrogen-bond donors (Lipinski definition) is 1. The topological polar surface area (TPSA) is 38.3 Å². The lowest BCUT2D eigenvalue weighted by molar-refractivity contribution is 0.0931. The fourth-order valence-corrected chi connectivity index (χ4v) is 3.13. The third kappa shape index (κ3) is 4.52. The molecule has 0 spiro atoms. The van der Waals surface area contributed by atoms with Crippen LogP contribution in [-0.4, -0.2) is 30.4 Å². The van der Waals surface area contributed by atoms with Crippen molar-refractivity contribution in [3.63, 3.8) is 0 Å². The first-order valence-corrected chi connectivity index (χ1v) is 8.09. The van der Waals surface area contributed by atoms with Crippen LogP contribution in [0, 0.1) is 18.3 Å². The lowest BCUT2D eigenvalue weighted by atomic mass is 9.99. The summed E-state index contributed by atoms with van der Waals surface area (Å²) >= 11 is 1.78. The molecule has 0 bridgehead atoms. The van der Waals surface area contributed by atoms with Gasteiger partial charge in [-0.3, -0.25) is 4.79 Å². The van der Waals surface area contributed by atoms with Crippen molar-refractivity contribution in [3.8, 4) is 12.3 Å². The van der Waals surface area contributed by atoms with E-state index in [4.69, 9.17) is 11.2 Å². The molecule has 2 atom stereocenters. The highest BCUT2D eigenvalue weighted by molar-refractivity contribution is 7.99. The number of rotatable bonds is 5. The summed E-state index contributed by atoms with van der Waals surface area (Å²) in [6.07, 6.45) is 6.44. The third-order valence-electron chi connectivity index (χ3n) is 3.39. The van der Waals surface area contributed by atoms with Crippen molar-refractivity contribution < 1.29 is 9.53 Å². The molecule has 3 nitrogen and oxygen atoms in total. The maximum Gasteiger partial charge on any atom is 0.252 e. The molecule has 0 aromatic heterocycles. The Kier molecular flexibility index (Phi) is 5.72. The largest absolute Gasteiger partial charge is 0.381 e. The van der Waals surface area contributed by atoms with Gasteiger partial charge in [0.05, 0.1) is 12.6 Å². The van der Waals surface area contributed by atoms with Crippen LogP contribution < -0.4 is 5.32 Å². The molecule has 2 rings (SSSR count). The van der Waals surface area contributed by atoms with Gasteiger partial charge in [0.2, 0.25) is 0 Å². The summed E-state index contributed by atoms with van der Waals surface area (Å²) in [7, 11) is 0.